The molecule has 0 aliphatic heterocycles. The lowest BCUT2D eigenvalue weighted by Gasteiger charge is -1.96. The largest absolute Gasteiger partial charge is 0.309 e. The Morgan fingerprint density at radius 1 is 1.36 bits per heavy atom. The molecule has 0 heterocycles. The van der Waals surface area contributed by atoms with Crippen molar-refractivity contribution in [2.75, 3.05) is 13.6 Å². The van der Waals surface area contributed by atoms with Crippen LogP contribution in [0.25, 0.3) is 0 Å². The topological polar surface area (TPSA) is 35.8 Å². The highest BCUT2D eigenvalue weighted by Gasteiger charge is 1.97. The van der Waals surface area contributed by atoms with E-state index in [0.29, 0.717) is 12.1 Å². The number of nitrogens with one attached hydrogen (secondary N) is 1. The van der Waals surface area contributed by atoms with Gasteiger partial charge in [0.25, 0.3) is 0 Å². The quantitative estimate of drug-likeness (QED) is 0.670. The molecule has 1 aromatic rings. The van der Waals surface area contributed by atoms with E-state index < -0.39 is 0 Å². The zero-order valence-corrected chi connectivity index (χ0v) is 8.39. The number of rotatable bonds is 1. The van der Waals surface area contributed by atoms with Crippen molar-refractivity contribution in [3.05, 3.63) is 34.9 Å². The molecule has 0 aromatic heterocycles. The van der Waals surface area contributed by atoms with Crippen LogP contribution in [-0.2, 0) is 0 Å². The van der Waals surface area contributed by atoms with Crippen molar-refractivity contribution >= 4 is 0 Å². The van der Waals surface area contributed by atoms with Gasteiger partial charge in [-0.2, -0.15) is 5.26 Å². The highest BCUT2D eigenvalue weighted by Crippen LogP contribution is 2.08. The molecule has 0 aliphatic rings. The van der Waals surface area contributed by atoms with Gasteiger partial charge in [0.2, 0.25) is 0 Å². The summed E-state index contributed by atoms with van der Waals surface area (Å²) in [5, 5.41) is 11.8. The predicted octanol–water partition coefficient (Wildman–Crippen LogP) is 1.44. The van der Waals surface area contributed by atoms with Gasteiger partial charge in [-0.3, -0.25) is 0 Å². The maximum absolute atomic E-state index is 8.83. The van der Waals surface area contributed by atoms with Crippen molar-refractivity contribution in [2.24, 2.45) is 0 Å². The smallest absolute Gasteiger partial charge is 0.100 e. The summed E-state index contributed by atoms with van der Waals surface area (Å²) in [4.78, 5) is 0. The molecule has 0 aliphatic carbocycles. The Kier molecular flexibility index (Phi) is 3.73. The monoisotopic (exact) mass is 184 g/mol. The minimum atomic E-state index is 0.638. The maximum atomic E-state index is 8.83. The van der Waals surface area contributed by atoms with Crippen LogP contribution < -0.4 is 5.32 Å². The first-order valence-corrected chi connectivity index (χ1v) is 4.42. The molecule has 0 atom stereocenters. The fraction of sp³-hybridized carbons (Fsp3) is 0.250. The fourth-order valence-corrected chi connectivity index (χ4v) is 1.09. The number of nitriles is 1. The molecule has 1 aromatic carbocycles. The van der Waals surface area contributed by atoms with Crippen LogP contribution in [-0.4, -0.2) is 13.6 Å². The molecule has 1 rings (SSSR count). The Balaban J connectivity index is 3.02. The molecule has 14 heavy (non-hydrogen) atoms. The molecule has 0 unspecified atom stereocenters. The summed E-state index contributed by atoms with van der Waals surface area (Å²) in [6.07, 6.45) is 0. The normalized spacial score (nSPS) is 8.64. The molecule has 1 N–H and O–H groups in total. The highest BCUT2D eigenvalue weighted by atomic mass is 14.8. The van der Waals surface area contributed by atoms with Crippen LogP contribution in [0.15, 0.2) is 18.2 Å². The van der Waals surface area contributed by atoms with E-state index in [1.807, 2.05) is 26.1 Å². The van der Waals surface area contributed by atoms with Gasteiger partial charge in [0.05, 0.1) is 12.1 Å². The van der Waals surface area contributed by atoms with Gasteiger partial charge < -0.3 is 5.32 Å². The number of hydrogen-bond donors (Lipinski definition) is 1. The third-order valence-corrected chi connectivity index (χ3v) is 1.78. The van der Waals surface area contributed by atoms with Gasteiger partial charge in [0, 0.05) is 5.56 Å². The van der Waals surface area contributed by atoms with Gasteiger partial charge in [-0.1, -0.05) is 17.9 Å². The lowest BCUT2D eigenvalue weighted by Crippen LogP contribution is -2.04. The highest BCUT2D eigenvalue weighted by molar-refractivity contribution is 5.49. The van der Waals surface area contributed by atoms with Gasteiger partial charge in [0.15, 0.2) is 0 Å². The van der Waals surface area contributed by atoms with E-state index in [0.717, 1.165) is 11.1 Å². The van der Waals surface area contributed by atoms with Gasteiger partial charge in [0.1, 0.15) is 6.07 Å². The second-order valence-electron chi connectivity index (χ2n) is 2.99. The number of hydrogen-bond acceptors (Lipinski definition) is 2. The van der Waals surface area contributed by atoms with Crippen LogP contribution in [0.5, 0.6) is 0 Å². The molecule has 0 fully saturated rings. The fourth-order valence-electron chi connectivity index (χ4n) is 1.09. The second kappa shape index (κ2) is 5.07. The molecule has 0 saturated carbocycles. The number of nitrogens with zero attached hydrogens (tertiary/aromatic N) is 1. The van der Waals surface area contributed by atoms with E-state index in [2.05, 4.69) is 23.2 Å². The molecule has 0 bridgehead atoms. The lowest BCUT2D eigenvalue weighted by molar-refractivity contribution is 0.938. The van der Waals surface area contributed by atoms with Crippen molar-refractivity contribution < 1.29 is 0 Å². The van der Waals surface area contributed by atoms with Crippen molar-refractivity contribution in [3.63, 3.8) is 0 Å². The average Bonchev–Trinajstić information content (AvgIpc) is 2.19. The van der Waals surface area contributed by atoms with Gasteiger partial charge in [-0.25, -0.2) is 0 Å². The van der Waals surface area contributed by atoms with Crippen LogP contribution in [0.1, 0.15) is 16.7 Å². The van der Waals surface area contributed by atoms with Gasteiger partial charge >= 0.3 is 0 Å². The van der Waals surface area contributed by atoms with Gasteiger partial charge in [-0.05, 0) is 31.7 Å². The third-order valence-electron chi connectivity index (χ3n) is 1.78. The number of aryl methyl sites for hydroxylation is 1. The van der Waals surface area contributed by atoms with Crippen LogP contribution >= 0.6 is 0 Å². The summed E-state index contributed by atoms with van der Waals surface area (Å²) in [6.45, 7) is 2.63. The lowest BCUT2D eigenvalue weighted by atomic mass is 10.1. The van der Waals surface area contributed by atoms with E-state index in [4.69, 9.17) is 5.26 Å². The SMILES string of the molecule is CNCC#Cc1cc(C)ccc1C#N. The van der Waals surface area contributed by atoms with Crippen LogP contribution in [0.3, 0.4) is 0 Å². The van der Waals surface area contributed by atoms with Crippen LogP contribution in [0, 0.1) is 30.1 Å². The summed E-state index contributed by atoms with van der Waals surface area (Å²) in [5.41, 5.74) is 2.57. The molecule has 0 spiro atoms. The summed E-state index contributed by atoms with van der Waals surface area (Å²) in [6, 6.07) is 7.78. The van der Waals surface area contributed by atoms with Crippen molar-refractivity contribution in [1.82, 2.24) is 5.32 Å². The predicted molar refractivity (Wildman–Crippen MR) is 56.7 cm³/mol. The summed E-state index contributed by atoms with van der Waals surface area (Å²) >= 11 is 0. The van der Waals surface area contributed by atoms with E-state index in [-0.39, 0.29) is 0 Å². The van der Waals surface area contributed by atoms with Gasteiger partial charge in [-0.15, -0.1) is 0 Å². The summed E-state index contributed by atoms with van der Waals surface area (Å²) < 4.78 is 0. The first-order valence-electron chi connectivity index (χ1n) is 4.42. The molecule has 0 amide bonds. The first kappa shape index (κ1) is 10.3. The third kappa shape index (κ3) is 2.62. The zero-order valence-electron chi connectivity index (χ0n) is 8.39. The molecular weight excluding hydrogens is 172 g/mol. The van der Waals surface area contributed by atoms with E-state index in [1.165, 1.54) is 0 Å². The molecule has 0 radical (unpaired) electrons. The minimum absolute atomic E-state index is 0.638. The van der Waals surface area contributed by atoms with E-state index in [1.54, 1.807) is 6.07 Å². The minimum Gasteiger partial charge on any atom is -0.309 e. The Labute approximate surface area is 84.6 Å². The number of benzene rings is 1. The van der Waals surface area contributed by atoms with Crippen molar-refractivity contribution in [2.45, 2.75) is 6.92 Å². The summed E-state index contributed by atoms with van der Waals surface area (Å²) in [5.74, 6) is 5.91. The molecule has 70 valence electrons. The summed E-state index contributed by atoms with van der Waals surface area (Å²) in [7, 11) is 1.84. The average molecular weight is 184 g/mol. The Hall–Kier alpha value is -1.77. The Morgan fingerprint density at radius 2 is 2.14 bits per heavy atom. The molecule has 0 saturated heterocycles. The van der Waals surface area contributed by atoms with E-state index in [9.17, 15) is 0 Å². The first-order chi connectivity index (χ1) is 6.77. The Morgan fingerprint density at radius 3 is 2.79 bits per heavy atom. The van der Waals surface area contributed by atoms with Crippen molar-refractivity contribution in [1.29, 1.82) is 5.26 Å². The molecule has 2 heteroatoms. The van der Waals surface area contributed by atoms with Crippen LogP contribution in [0.2, 0.25) is 0 Å². The standard InChI is InChI=1S/C12H12N2/c1-10-5-6-12(9-13)11(8-10)4-3-7-14-2/h5-6,8,14H,7H2,1-2H3. The van der Waals surface area contributed by atoms with E-state index >= 15 is 0 Å². The maximum Gasteiger partial charge on any atom is 0.100 e. The molecule has 2 nitrogen and oxygen atoms in total. The zero-order chi connectivity index (χ0) is 10.4. The van der Waals surface area contributed by atoms with Crippen LogP contribution in [0.4, 0.5) is 0 Å². The molecular formula is C12H12N2. The second-order valence-corrected chi connectivity index (χ2v) is 2.99. The van der Waals surface area contributed by atoms with Crippen molar-refractivity contribution in [3.8, 4) is 17.9 Å². The Bertz CT molecular complexity index is 416.